The zero-order valence-corrected chi connectivity index (χ0v) is 12.7. The van der Waals surface area contributed by atoms with Gasteiger partial charge in [0.15, 0.2) is 0 Å². The molecule has 1 aliphatic heterocycles. The molecule has 1 aliphatic rings. The first-order valence-corrected chi connectivity index (χ1v) is 7.23. The van der Waals surface area contributed by atoms with E-state index in [1.807, 2.05) is 6.07 Å². The number of benzene rings is 2. The highest BCUT2D eigenvalue weighted by atomic mass is 15.3. The molecule has 2 aromatic rings. The lowest BCUT2D eigenvalue weighted by Gasteiger charge is -2.21. The van der Waals surface area contributed by atoms with Crippen LogP contribution in [0.5, 0.6) is 0 Å². The maximum absolute atomic E-state index is 3.55. The molecular formula is C19H20N2. The van der Waals surface area contributed by atoms with Crippen LogP contribution in [0.4, 0.5) is 5.69 Å². The fraction of sp³-hybridized carbons (Fsp3) is 0.158. The molecule has 0 fully saturated rings. The molecule has 0 atom stereocenters. The first kappa shape index (κ1) is 13.5. The van der Waals surface area contributed by atoms with Crippen molar-refractivity contribution in [1.29, 1.82) is 0 Å². The second-order valence-electron chi connectivity index (χ2n) is 5.54. The number of rotatable bonds is 2. The monoisotopic (exact) mass is 276 g/mol. The quantitative estimate of drug-likeness (QED) is 0.858. The minimum absolute atomic E-state index is 1.13. The molecule has 3 rings (SSSR count). The van der Waals surface area contributed by atoms with Crippen molar-refractivity contribution in [3.63, 3.8) is 0 Å². The number of aryl methyl sites for hydroxylation is 1. The normalized spacial score (nSPS) is 14.0. The lowest BCUT2D eigenvalue weighted by atomic mass is 10.1. The van der Waals surface area contributed by atoms with Crippen molar-refractivity contribution < 1.29 is 0 Å². The molecule has 2 heteroatoms. The number of hydrogen-bond donors (Lipinski definition) is 1. The van der Waals surface area contributed by atoms with E-state index in [9.17, 15) is 0 Å². The molecule has 2 aromatic carbocycles. The van der Waals surface area contributed by atoms with Gasteiger partial charge in [0.25, 0.3) is 0 Å². The molecule has 0 saturated carbocycles. The van der Waals surface area contributed by atoms with Crippen molar-refractivity contribution >= 4 is 11.4 Å². The molecule has 0 spiro atoms. The zero-order valence-electron chi connectivity index (χ0n) is 12.7. The Morgan fingerprint density at radius 1 is 0.905 bits per heavy atom. The molecule has 0 aliphatic carbocycles. The van der Waals surface area contributed by atoms with Crippen molar-refractivity contribution in [2.24, 2.45) is 0 Å². The predicted octanol–water partition coefficient (Wildman–Crippen LogP) is 4.65. The third kappa shape index (κ3) is 2.57. The van der Waals surface area contributed by atoms with E-state index in [0.717, 1.165) is 11.5 Å². The van der Waals surface area contributed by atoms with E-state index in [4.69, 9.17) is 0 Å². The molecule has 1 heterocycles. The number of hydrogen-bond acceptors (Lipinski definition) is 2. The summed E-state index contributed by atoms with van der Waals surface area (Å²) < 4.78 is 0. The van der Waals surface area contributed by atoms with Gasteiger partial charge in [-0.25, -0.2) is 0 Å². The summed E-state index contributed by atoms with van der Waals surface area (Å²) in [6.45, 7) is 6.41. The van der Waals surface area contributed by atoms with Crippen LogP contribution in [0.15, 0.2) is 72.2 Å². The van der Waals surface area contributed by atoms with Gasteiger partial charge in [0.2, 0.25) is 0 Å². The number of para-hydroxylation sites is 1. The highest BCUT2D eigenvalue weighted by molar-refractivity contribution is 5.77. The number of nitrogens with one attached hydrogen (secondary N) is 1. The summed E-state index contributed by atoms with van der Waals surface area (Å²) in [6, 6.07) is 18.9. The number of allylic oxidation sites excluding steroid dienone is 1. The van der Waals surface area contributed by atoms with Crippen LogP contribution in [0, 0.1) is 6.92 Å². The summed E-state index contributed by atoms with van der Waals surface area (Å²) >= 11 is 0. The standard InChI is InChI=1S/C19H20N2/c1-14(2)19-20-17(16-10-5-4-6-11-16)13-21(19)18-12-8-7-9-15(18)3/h4-13,20H,1-3H3. The molecule has 21 heavy (non-hydrogen) atoms. The van der Waals surface area contributed by atoms with E-state index >= 15 is 0 Å². The van der Waals surface area contributed by atoms with Crippen LogP contribution >= 0.6 is 0 Å². The van der Waals surface area contributed by atoms with Crippen molar-refractivity contribution in [2.45, 2.75) is 20.8 Å². The lowest BCUT2D eigenvalue weighted by Crippen LogP contribution is -2.20. The van der Waals surface area contributed by atoms with Crippen molar-refractivity contribution in [2.75, 3.05) is 4.90 Å². The van der Waals surface area contributed by atoms with Gasteiger partial charge in [-0.15, -0.1) is 0 Å². The largest absolute Gasteiger partial charge is 0.340 e. The van der Waals surface area contributed by atoms with Crippen LogP contribution in [0.1, 0.15) is 25.0 Å². The fourth-order valence-corrected chi connectivity index (χ4v) is 2.57. The second-order valence-corrected chi connectivity index (χ2v) is 5.54. The van der Waals surface area contributed by atoms with Gasteiger partial charge in [0.05, 0.1) is 5.70 Å². The van der Waals surface area contributed by atoms with E-state index in [0.29, 0.717) is 0 Å². The molecule has 0 unspecified atom stereocenters. The van der Waals surface area contributed by atoms with Crippen LogP contribution in [0.3, 0.4) is 0 Å². The molecule has 0 saturated heterocycles. The maximum atomic E-state index is 3.55. The molecule has 106 valence electrons. The average Bonchev–Trinajstić information content (AvgIpc) is 2.94. The van der Waals surface area contributed by atoms with Crippen molar-refractivity contribution in [3.05, 3.63) is 83.3 Å². The van der Waals surface area contributed by atoms with Gasteiger partial charge in [-0.1, -0.05) is 48.5 Å². The molecule has 0 bridgehead atoms. The predicted molar refractivity (Wildman–Crippen MR) is 89.6 cm³/mol. The summed E-state index contributed by atoms with van der Waals surface area (Å²) in [5, 5.41) is 3.55. The Kier molecular flexibility index (Phi) is 3.53. The maximum Gasteiger partial charge on any atom is 0.113 e. The Morgan fingerprint density at radius 3 is 2.24 bits per heavy atom. The number of nitrogens with zero attached hydrogens (tertiary/aromatic N) is 1. The first-order chi connectivity index (χ1) is 10.2. The molecule has 0 aromatic heterocycles. The summed E-state index contributed by atoms with van der Waals surface area (Å²) in [5.41, 5.74) is 6.08. The molecule has 1 N–H and O–H groups in total. The van der Waals surface area contributed by atoms with Gasteiger partial charge in [-0.3, -0.25) is 0 Å². The van der Waals surface area contributed by atoms with E-state index in [1.165, 1.54) is 22.4 Å². The molecular weight excluding hydrogens is 256 g/mol. The van der Waals surface area contributed by atoms with Crippen LogP contribution < -0.4 is 10.2 Å². The highest BCUT2D eigenvalue weighted by Crippen LogP contribution is 2.31. The van der Waals surface area contributed by atoms with E-state index < -0.39 is 0 Å². The van der Waals surface area contributed by atoms with E-state index in [2.05, 4.69) is 85.7 Å². The third-order valence-electron chi connectivity index (χ3n) is 3.69. The zero-order chi connectivity index (χ0) is 14.8. The van der Waals surface area contributed by atoms with Gasteiger partial charge < -0.3 is 10.2 Å². The van der Waals surface area contributed by atoms with Crippen molar-refractivity contribution in [3.8, 4) is 0 Å². The second kappa shape index (κ2) is 5.49. The molecule has 0 amide bonds. The summed E-state index contributed by atoms with van der Waals surface area (Å²) in [4.78, 5) is 2.24. The SMILES string of the molecule is CC(C)=C1NC(c2ccccc2)=CN1c1ccccc1C. The third-order valence-corrected chi connectivity index (χ3v) is 3.69. The van der Waals surface area contributed by atoms with Crippen LogP contribution in [0.25, 0.3) is 5.70 Å². The summed E-state index contributed by atoms with van der Waals surface area (Å²) in [5.74, 6) is 1.14. The Morgan fingerprint density at radius 2 is 1.57 bits per heavy atom. The van der Waals surface area contributed by atoms with Gasteiger partial charge in [-0.05, 0) is 43.5 Å². The van der Waals surface area contributed by atoms with Crippen LogP contribution in [-0.2, 0) is 0 Å². The molecule has 0 radical (unpaired) electrons. The Hall–Kier alpha value is -2.48. The topological polar surface area (TPSA) is 15.3 Å². The number of anilines is 1. The van der Waals surface area contributed by atoms with Gasteiger partial charge in [0.1, 0.15) is 5.82 Å². The lowest BCUT2D eigenvalue weighted by molar-refractivity contribution is 1.01. The van der Waals surface area contributed by atoms with Gasteiger partial charge in [-0.2, -0.15) is 0 Å². The average molecular weight is 276 g/mol. The summed E-state index contributed by atoms with van der Waals surface area (Å²) in [7, 11) is 0. The van der Waals surface area contributed by atoms with Gasteiger partial charge >= 0.3 is 0 Å². The van der Waals surface area contributed by atoms with E-state index in [-0.39, 0.29) is 0 Å². The highest BCUT2D eigenvalue weighted by Gasteiger charge is 2.22. The smallest absolute Gasteiger partial charge is 0.113 e. The fourth-order valence-electron chi connectivity index (χ4n) is 2.57. The Balaban J connectivity index is 2.07. The van der Waals surface area contributed by atoms with Crippen molar-refractivity contribution in [1.82, 2.24) is 5.32 Å². The molecule has 2 nitrogen and oxygen atoms in total. The minimum atomic E-state index is 1.13. The van der Waals surface area contributed by atoms with E-state index in [1.54, 1.807) is 0 Å². The summed E-state index contributed by atoms with van der Waals surface area (Å²) in [6.07, 6.45) is 2.18. The van der Waals surface area contributed by atoms with Crippen LogP contribution in [-0.4, -0.2) is 0 Å². The Labute approximate surface area is 126 Å². The Bertz CT molecular complexity index is 707. The minimum Gasteiger partial charge on any atom is -0.340 e. The van der Waals surface area contributed by atoms with Gasteiger partial charge in [0, 0.05) is 11.9 Å². The van der Waals surface area contributed by atoms with Crippen LogP contribution in [0.2, 0.25) is 0 Å². The first-order valence-electron chi connectivity index (χ1n) is 7.23.